The Bertz CT molecular complexity index is 634. The Morgan fingerprint density at radius 3 is 2.28 bits per heavy atom. The molecule has 2 aliphatic carbocycles. The number of rotatable bonds is 4. The van der Waals surface area contributed by atoms with Crippen molar-refractivity contribution in [3.8, 4) is 0 Å². The molecule has 0 atom stereocenters. The predicted octanol–water partition coefficient (Wildman–Crippen LogP) is 7.17. The van der Waals surface area contributed by atoms with Crippen molar-refractivity contribution in [2.45, 2.75) is 78.6 Å². The summed E-state index contributed by atoms with van der Waals surface area (Å²) in [5, 5.41) is 0. The predicted molar refractivity (Wildman–Crippen MR) is 127 cm³/mol. The topological polar surface area (TPSA) is 43.1 Å². The summed E-state index contributed by atoms with van der Waals surface area (Å²) in [4.78, 5) is 8.81. The molecule has 1 aromatic rings. The maximum atomic E-state index is 8.81. The molecule has 0 radical (unpaired) electrons. The SMILES string of the molecule is C/C1=C/C/C=C(/N)CC=C1.CC=O.CCCC1CCC(Cc2ccccc2)CC1. The van der Waals surface area contributed by atoms with Crippen LogP contribution >= 0.6 is 0 Å². The highest BCUT2D eigenvalue weighted by Gasteiger charge is 2.20. The molecule has 3 rings (SSSR count). The quantitative estimate of drug-likeness (QED) is 0.549. The van der Waals surface area contributed by atoms with Crippen molar-refractivity contribution in [2.75, 3.05) is 0 Å². The number of hydrogen-bond donors (Lipinski definition) is 1. The summed E-state index contributed by atoms with van der Waals surface area (Å²) >= 11 is 0. The van der Waals surface area contributed by atoms with Gasteiger partial charge in [0, 0.05) is 12.1 Å². The van der Waals surface area contributed by atoms with E-state index >= 15 is 0 Å². The van der Waals surface area contributed by atoms with Gasteiger partial charge in [0.25, 0.3) is 0 Å². The molecule has 0 amide bonds. The zero-order chi connectivity index (χ0) is 21.3. The highest BCUT2D eigenvalue weighted by atomic mass is 16.1. The van der Waals surface area contributed by atoms with Gasteiger partial charge in [0.15, 0.2) is 0 Å². The van der Waals surface area contributed by atoms with Gasteiger partial charge in [-0.05, 0) is 56.9 Å². The van der Waals surface area contributed by atoms with Crippen LogP contribution in [0.4, 0.5) is 0 Å². The van der Waals surface area contributed by atoms with E-state index in [9.17, 15) is 0 Å². The van der Waals surface area contributed by atoms with Gasteiger partial charge in [0.2, 0.25) is 0 Å². The van der Waals surface area contributed by atoms with Crippen LogP contribution in [0.2, 0.25) is 0 Å². The Hall–Kier alpha value is -2.09. The molecule has 0 bridgehead atoms. The maximum absolute atomic E-state index is 8.81. The van der Waals surface area contributed by atoms with Gasteiger partial charge < -0.3 is 10.5 Å². The number of nitrogens with two attached hydrogens (primary N) is 1. The molecule has 0 saturated heterocycles. The second kappa shape index (κ2) is 15.8. The summed E-state index contributed by atoms with van der Waals surface area (Å²) < 4.78 is 0. The molecule has 2 aliphatic rings. The summed E-state index contributed by atoms with van der Waals surface area (Å²) in [5.41, 5.74) is 9.45. The lowest BCUT2D eigenvalue weighted by molar-refractivity contribution is -0.106. The lowest BCUT2D eigenvalue weighted by Gasteiger charge is -2.28. The lowest BCUT2D eigenvalue weighted by Crippen LogP contribution is -2.16. The number of carbonyl (C=O) groups is 1. The summed E-state index contributed by atoms with van der Waals surface area (Å²) in [6.07, 6.45) is 21.1. The van der Waals surface area contributed by atoms with E-state index in [0.29, 0.717) is 0 Å². The minimum absolute atomic E-state index is 0.750. The molecule has 0 aromatic heterocycles. The van der Waals surface area contributed by atoms with Gasteiger partial charge in [-0.25, -0.2) is 0 Å². The number of allylic oxidation sites excluding steroid dienone is 5. The first-order valence-corrected chi connectivity index (χ1v) is 11.3. The molecule has 0 unspecified atom stereocenters. The molecule has 1 aromatic carbocycles. The van der Waals surface area contributed by atoms with E-state index in [2.05, 4.69) is 68.5 Å². The number of benzene rings is 1. The van der Waals surface area contributed by atoms with Gasteiger partial charge in [0.1, 0.15) is 6.29 Å². The van der Waals surface area contributed by atoms with Crippen LogP contribution in [-0.2, 0) is 11.2 Å². The van der Waals surface area contributed by atoms with Crippen molar-refractivity contribution in [1.29, 1.82) is 0 Å². The third-order valence-electron chi connectivity index (χ3n) is 5.58. The molecule has 1 fully saturated rings. The van der Waals surface area contributed by atoms with Crippen molar-refractivity contribution in [2.24, 2.45) is 17.6 Å². The van der Waals surface area contributed by atoms with Crippen molar-refractivity contribution < 1.29 is 4.79 Å². The van der Waals surface area contributed by atoms with Gasteiger partial charge >= 0.3 is 0 Å². The second-order valence-corrected chi connectivity index (χ2v) is 8.17. The molecule has 160 valence electrons. The highest BCUT2D eigenvalue weighted by molar-refractivity contribution is 5.44. The van der Waals surface area contributed by atoms with Crippen LogP contribution in [0.15, 0.2) is 65.9 Å². The van der Waals surface area contributed by atoms with Gasteiger partial charge in [-0.15, -0.1) is 0 Å². The van der Waals surface area contributed by atoms with Gasteiger partial charge in [-0.3, -0.25) is 0 Å². The molecular formula is C27H41NO. The smallest absolute Gasteiger partial charge is 0.116 e. The normalized spacial score (nSPS) is 24.7. The molecule has 2 nitrogen and oxygen atoms in total. The first kappa shape index (κ1) is 24.9. The van der Waals surface area contributed by atoms with Gasteiger partial charge in [-0.2, -0.15) is 0 Å². The van der Waals surface area contributed by atoms with Crippen LogP contribution in [0.1, 0.15) is 77.7 Å². The Kier molecular flexibility index (Phi) is 13.6. The third-order valence-corrected chi connectivity index (χ3v) is 5.58. The second-order valence-electron chi connectivity index (χ2n) is 8.17. The summed E-state index contributed by atoms with van der Waals surface area (Å²) in [6.45, 7) is 5.86. The fraction of sp³-hybridized carbons (Fsp3) is 0.519. The van der Waals surface area contributed by atoms with Crippen molar-refractivity contribution in [3.63, 3.8) is 0 Å². The van der Waals surface area contributed by atoms with Crippen molar-refractivity contribution in [3.05, 3.63) is 71.5 Å². The van der Waals surface area contributed by atoms with E-state index in [4.69, 9.17) is 10.5 Å². The van der Waals surface area contributed by atoms with Gasteiger partial charge in [0.05, 0.1) is 0 Å². The zero-order valence-electron chi connectivity index (χ0n) is 18.8. The Labute approximate surface area is 179 Å². The van der Waals surface area contributed by atoms with Crippen LogP contribution in [0, 0.1) is 11.8 Å². The molecule has 1 saturated carbocycles. The minimum Gasteiger partial charge on any atom is -0.402 e. The summed E-state index contributed by atoms with van der Waals surface area (Å²) in [7, 11) is 0. The van der Waals surface area contributed by atoms with Crippen LogP contribution in [-0.4, -0.2) is 6.29 Å². The Balaban J connectivity index is 0.000000277. The molecular weight excluding hydrogens is 354 g/mol. The standard InChI is InChI=1S/C16H24.C9H13N.C2H4O/c1-2-6-14-9-11-16(12-10-14)13-15-7-4-3-5-8-15;1-8-4-2-6-9(10)7-3-5-8;1-2-3/h3-5,7-8,14,16H,2,6,9-13H2,1H3;2,4-5,7H,3,6,10H2,1H3;2H,1H3/b;4-2?,8-5-,9-7+;. The minimum atomic E-state index is 0.750. The largest absolute Gasteiger partial charge is 0.402 e. The Morgan fingerprint density at radius 2 is 1.66 bits per heavy atom. The molecule has 2 heteroatoms. The number of aldehydes is 1. The first-order valence-electron chi connectivity index (χ1n) is 11.3. The molecule has 0 aliphatic heterocycles. The van der Waals surface area contributed by atoms with Crippen molar-refractivity contribution in [1.82, 2.24) is 0 Å². The van der Waals surface area contributed by atoms with E-state index in [1.165, 1.54) is 63.0 Å². The van der Waals surface area contributed by atoms with E-state index in [0.717, 1.165) is 36.7 Å². The van der Waals surface area contributed by atoms with Crippen LogP contribution in [0.5, 0.6) is 0 Å². The molecule has 29 heavy (non-hydrogen) atoms. The monoisotopic (exact) mass is 395 g/mol. The molecule has 0 heterocycles. The average molecular weight is 396 g/mol. The fourth-order valence-electron chi connectivity index (χ4n) is 4.01. The van der Waals surface area contributed by atoms with Gasteiger partial charge in [-0.1, -0.05) is 92.8 Å². The average Bonchev–Trinajstić information content (AvgIpc) is 2.70. The third kappa shape index (κ3) is 12.2. The first-order chi connectivity index (χ1) is 14.1. The van der Waals surface area contributed by atoms with Crippen molar-refractivity contribution >= 4 is 6.29 Å². The fourth-order valence-corrected chi connectivity index (χ4v) is 4.01. The highest BCUT2D eigenvalue weighted by Crippen LogP contribution is 2.33. The summed E-state index contributed by atoms with van der Waals surface area (Å²) in [6, 6.07) is 11.0. The molecule has 2 N–H and O–H groups in total. The van der Waals surface area contributed by atoms with Crippen LogP contribution in [0.25, 0.3) is 0 Å². The van der Waals surface area contributed by atoms with E-state index < -0.39 is 0 Å². The van der Waals surface area contributed by atoms with Crippen LogP contribution in [0.3, 0.4) is 0 Å². The Morgan fingerprint density at radius 1 is 1.03 bits per heavy atom. The number of carbonyl (C=O) groups excluding carboxylic acids is 1. The number of hydrogen-bond acceptors (Lipinski definition) is 2. The van der Waals surface area contributed by atoms with E-state index in [-0.39, 0.29) is 0 Å². The van der Waals surface area contributed by atoms with Crippen LogP contribution < -0.4 is 5.73 Å². The summed E-state index contributed by atoms with van der Waals surface area (Å²) in [5.74, 6) is 1.99. The zero-order valence-corrected chi connectivity index (χ0v) is 18.8. The lowest BCUT2D eigenvalue weighted by atomic mass is 9.78. The van der Waals surface area contributed by atoms with E-state index in [1.54, 1.807) is 0 Å². The maximum Gasteiger partial charge on any atom is 0.116 e. The molecule has 0 spiro atoms. The van der Waals surface area contributed by atoms with E-state index in [1.807, 2.05) is 0 Å².